The molecule has 0 aromatic heterocycles. The minimum Gasteiger partial charge on any atom is -0.493 e. The highest BCUT2D eigenvalue weighted by Crippen LogP contribution is 2.32. The summed E-state index contributed by atoms with van der Waals surface area (Å²) in [6, 6.07) is 11.8. The Bertz CT molecular complexity index is 849. The van der Waals surface area contributed by atoms with Crippen molar-refractivity contribution in [3.8, 4) is 11.5 Å². The summed E-state index contributed by atoms with van der Waals surface area (Å²) in [6.07, 6.45) is 3.76. The first-order valence-electron chi connectivity index (χ1n) is 8.97. The molecule has 2 aromatic carbocycles. The van der Waals surface area contributed by atoms with Crippen LogP contribution in [0.25, 0.3) is 0 Å². The van der Waals surface area contributed by atoms with Gasteiger partial charge in [-0.2, -0.15) is 0 Å². The van der Waals surface area contributed by atoms with E-state index in [-0.39, 0.29) is 11.9 Å². The average Bonchev–Trinajstić information content (AvgIpc) is 3.21. The molecule has 0 aliphatic heterocycles. The van der Waals surface area contributed by atoms with E-state index in [1.165, 1.54) is 0 Å². The molecule has 28 heavy (non-hydrogen) atoms. The maximum Gasteiger partial charge on any atom is 0.437 e. The van der Waals surface area contributed by atoms with Crippen LogP contribution in [-0.4, -0.2) is 25.1 Å². The minimum atomic E-state index is -0.763. The number of amides is 1. The summed E-state index contributed by atoms with van der Waals surface area (Å²) in [7, 11) is 1.58. The number of oxime groups is 1. The van der Waals surface area contributed by atoms with Gasteiger partial charge in [-0.05, 0) is 68.1 Å². The van der Waals surface area contributed by atoms with Gasteiger partial charge >= 0.3 is 6.09 Å². The Morgan fingerprint density at radius 3 is 2.54 bits per heavy atom. The maximum atomic E-state index is 11.9. The fourth-order valence-corrected chi connectivity index (χ4v) is 3.06. The topological polar surface area (TPSA) is 95.2 Å². The van der Waals surface area contributed by atoms with Crippen LogP contribution in [0, 0.1) is 0 Å². The second-order valence-corrected chi connectivity index (χ2v) is 6.81. The number of nitrogens with zero attached hydrogens (tertiary/aromatic N) is 1. The van der Waals surface area contributed by atoms with Gasteiger partial charge in [-0.3, -0.25) is 10.2 Å². The Kier molecular flexibility index (Phi) is 6.60. The zero-order valence-corrected chi connectivity index (χ0v) is 16.2. The van der Waals surface area contributed by atoms with Gasteiger partial charge in [-0.1, -0.05) is 16.8 Å². The number of rotatable bonds is 6. The van der Waals surface area contributed by atoms with Gasteiger partial charge in [-0.25, -0.2) is 4.79 Å². The fourth-order valence-electron chi connectivity index (χ4n) is 2.93. The highest BCUT2D eigenvalue weighted by atomic mass is 35.5. The van der Waals surface area contributed by atoms with Gasteiger partial charge < -0.3 is 15.2 Å². The number of anilines is 1. The zero-order valence-electron chi connectivity index (χ0n) is 15.5. The second-order valence-electron chi connectivity index (χ2n) is 6.38. The van der Waals surface area contributed by atoms with Crippen LogP contribution in [0.5, 0.6) is 11.5 Å². The first-order valence-corrected chi connectivity index (χ1v) is 9.35. The van der Waals surface area contributed by atoms with E-state index in [4.69, 9.17) is 31.6 Å². The van der Waals surface area contributed by atoms with Crippen molar-refractivity contribution in [2.45, 2.75) is 31.8 Å². The summed E-state index contributed by atoms with van der Waals surface area (Å²) in [5, 5.41) is 6.79. The quantitative estimate of drug-likeness (QED) is 0.319. The van der Waals surface area contributed by atoms with Crippen LogP contribution in [0.3, 0.4) is 0 Å². The van der Waals surface area contributed by atoms with E-state index in [1.807, 2.05) is 0 Å². The molecular formula is C20H22ClN3O4. The van der Waals surface area contributed by atoms with E-state index in [0.29, 0.717) is 27.8 Å². The molecule has 3 rings (SSSR count). The molecule has 8 heteroatoms. The van der Waals surface area contributed by atoms with Crippen molar-refractivity contribution in [1.82, 2.24) is 0 Å². The predicted molar refractivity (Wildman–Crippen MR) is 108 cm³/mol. The van der Waals surface area contributed by atoms with Crippen LogP contribution in [0.2, 0.25) is 5.02 Å². The van der Waals surface area contributed by atoms with Crippen molar-refractivity contribution in [2.75, 3.05) is 12.4 Å². The van der Waals surface area contributed by atoms with E-state index in [9.17, 15) is 4.79 Å². The van der Waals surface area contributed by atoms with E-state index < -0.39 is 6.09 Å². The summed E-state index contributed by atoms with van der Waals surface area (Å²) in [5.41, 5.74) is 7.05. The lowest BCUT2D eigenvalue weighted by molar-refractivity contribution is 0.166. The molecule has 0 bridgehead atoms. The summed E-state index contributed by atoms with van der Waals surface area (Å²) in [4.78, 5) is 16.7. The summed E-state index contributed by atoms with van der Waals surface area (Å²) < 4.78 is 11.4. The molecule has 1 amide bonds. The number of nitrogens with two attached hydrogens (primary N) is 1. The molecular weight excluding hydrogens is 382 g/mol. The highest BCUT2D eigenvalue weighted by molar-refractivity contribution is 6.30. The molecule has 0 unspecified atom stereocenters. The van der Waals surface area contributed by atoms with Gasteiger partial charge in [0.15, 0.2) is 17.3 Å². The molecule has 1 aliphatic rings. The molecule has 3 N–H and O–H groups in total. The van der Waals surface area contributed by atoms with Crippen molar-refractivity contribution in [3.05, 3.63) is 53.1 Å². The molecule has 0 heterocycles. The Morgan fingerprint density at radius 1 is 1.14 bits per heavy atom. The van der Waals surface area contributed by atoms with Crippen molar-refractivity contribution in [1.29, 1.82) is 0 Å². The number of ether oxygens (including phenoxy) is 2. The Hall–Kier alpha value is -2.93. The van der Waals surface area contributed by atoms with E-state index >= 15 is 0 Å². The number of benzene rings is 2. The molecule has 0 atom stereocenters. The van der Waals surface area contributed by atoms with Crippen molar-refractivity contribution in [2.24, 2.45) is 10.9 Å². The SMILES string of the molecule is COc1ccc(C(N)=NOC(=O)Nc2ccc(Cl)cc2)cc1OC1CCCC1. The van der Waals surface area contributed by atoms with Crippen LogP contribution >= 0.6 is 11.6 Å². The highest BCUT2D eigenvalue weighted by Gasteiger charge is 2.19. The smallest absolute Gasteiger partial charge is 0.437 e. The predicted octanol–water partition coefficient (Wildman–Crippen LogP) is 4.54. The lowest BCUT2D eigenvalue weighted by Crippen LogP contribution is -2.18. The van der Waals surface area contributed by atoms with Gasteiger partial charge in [0, 0.05) is 16.3 Å². The molecule has 1 aliphatic carbocycles. The second kappa shape index (κ2) is 9.32. The molecule has 7 nitrogen and oxygen atoms in total. The van der Waals surface area contributed by atoms with Crippen LogP contribution in [0.1, 0.15) is 31.2 Å². The van der Waals surface area contributed by atoms with Gasteiger partial charge in [-0.15, -0.1) is 0 Å². The van der Waals surface area contributed by atoms with E-state index in [1.54, 1.807) is 49.6 Å². The number of methoxy groups -OCH3 is 1. The third kappa shape index (κ3) is 5.29. The van der Waals surface area contributed by atoms with Crippen LogP contribution in [0.15, 0.2) is 47.6 Å². The van der Waals surface area contributed by atoms with E-state index in [0.717, 1.165) is 25.7 Å². The Balaban J connectivity index is 1.65. The Labute approximate surface area is 168 Å². The number of nitrogens with one attached hydrogen (secondary N) is 1. The first kappa shape index (κ1) is 19.8. The maximum absolute atomic E-state index is 11.9. The number of carbonyl (C=O) groups is 1. The van der Waals surface area contributed by atoms with Crippen molar-refractivity contribution >= 4 is 29.2 Å². The molecule has 1 fully saturated rings. The van der Waals surface area contributed by atoms with Crippen molar-refractivity contribution in [3.63, 3.8) is 0 Å². The number of halogens is 1. The fraction of sp³-hybridized carbons (Fsp3) is 0.300. The molecule has 1 saturated carbocycles. The van der Waals surface area contributed by atoms with Crippen molar-refractivity contribution < 1.29 is 19.1 Å². The van der Waals surface area contributed by atoms with E-state index in [2.05, 4.69) is 10.5 Å². The largest absolute Gasteiger partial charge is 0.493 e. The number of hydrogen-bond acceptors (Lipinski definition) is 5. The van der Waals surface area contributed by atoms with Gasteiger partial charge in [0.05, 0.1) is 13.2 Å². The van der Waals surface area contributed by atoms with Crippen LogP contribution < -0.4 is 20.5 Å². The molecule has 148 valence electrons. The lowest BCUT2D eigenvalue weighted by atomic mass is 10.2. The van der Waals surface area contributed by atoms with Crippen LogP contribution in [-0.2, 0) is 4.84 Å². The molecule has 0 radical (unpaired) electrons. The third-order valence-corrected chi connectivity index (χ3v) is 4.62. The Morgan fingerprint density at radius 2 is 1.86 bits per heavy atom. The number of carbonyl (C=O) groups excluding carboxylic acids is 1. The molecule has 0 spiro atoms. The summed E-state index contributed by atoms with van der Waals surface area (Å²) in [5.74, 6) is 1.26. The normalized spacial score (nSPS) is 14.6. The third-order valence-electron chi connectivity index (χ3n) is 4.37. The number of hydrogen-bond donors (Lipinski definition) is 2. The van der Waals surface area contributed by atoms with Crippen LogP contribution in [0.4, 0.5) is 10.5 Å². The minimum absolute atomic E-state index is 0.0465. The summed E-state index contributed by atoms with van der Waals surface area (Å²) in [6.45, 7) is 0. The van der Waals surface area contributed by atoms with Gasteiger partial charge in [0.2, 0.25) is 0 Å². The molecule has 0 saturated heterocycles. The number of amidine groups is 1. The first-order chi connectivity index (χ1) is 13.5. The standard InChI is InChI=1S/C20H22ClN3O4/c1-26-17-11-6-13(12-18(17)27-16-4-2-3-5-16)19(22)24-28-20(25)23-15-9-7-14(21)8-10-15/h6-12,16H,2-5H2,1H3,(H2,22,24)(H,23,25). The van der Waals surface area contributed by atoms with Gasteiger partial charge in [0.25, 0.3) is 0 Å². The lowest BCUT2D eigenvalue weighted by Gasteiger charge is -2.16. The van der Waals surface area contributed by atoms with Gasteiger partial charge in [0.1, 0.15) is 0 Å². The zero-order chi connectivity index (χ0) is 19.9. The summed E-state index contributed by atoms with van der Waals surface area (Å²) >= 11 is 5.81. The molecule has 2 aromatic rings. The monoisotopic (exact) mass is 403 g/mol. The average molecular weight is 404 g/mol.